The van der Waals surface area contributed by atoms with Gasteiger partial charge in [-0.05, 0) is 6.07 Å². The summed E-state index contributed by atoms with van der Waals surface area (Å²) in [4.78, 5) is 33.5. The predicted octanol–water partition coefficient (Wildman–Crippen LogP) is -1.60. The Morgan fingerprint density at radius 2 is 1.94 bits per heavy atom. The molecule has 1 aromatic heterocycles. The standard InChI is InChI=1S/C14H26N4O11P2/c1-18(2,3)6-7-26-31(25,29-30(22,23)24)27-8-9-11(19)12(20)13(28-9)17-5-4-10(15)16-14(17)21/h4-5,9,11-13,19-20H,6-8H2,1-3H3,(H3-,15,16,21,22,23,24)/p+1/t9-,11-,12-,13-,31?/m1/s1/i1+2. The topological polar surface area (TPSA) is 213 Å². The number of aromatic nitrogens is 2. The van der Waals surface area contributed by atoms with Crippen molar-refractivity contribution < 1.29 is 51.7 Å². The molecule has 1 aliphatic rings. The number of quaternary nitrogens is 1. The molecule has 0 amide bonds. The molecule has 0 saturated carbocycles. The molecule has 1 aromatic rings. The molecule has 1 aliphatic heterocycles. The quantitative estimate of drug-likeness (QED) is 0.184. The van der Waals surface area contributed by atoms with Gasteiger partial charge in [-0.2, -0.15) is 9.29 Å². The zero-order chi connectivity index (χ0) is 23.6. The van der Waals surface area contributed by atoms with Gasteiger partial charge in [-0.1, -0.05) is 0 Å². The van der Waals surface area contributed by atoms with Crippen LogP contribution < -0.4 is 11.4 Å². The van der Waals surface area contributed by atoms with Gasteiger partial charge in [-0.15, -0.1) is 0 Å². The highest BCUT2D eigenvalue weighted by molar-refractivity contribution is 7.61. The van der Waals surface area contributed by atoms with Gasteiger partial charge in [0.25, 0.3) is 0 Å². The fourth-order valence-electron chi connectivity index (χ4n) is 2.52. The largest absolute Gasteiger partial charge is 0.484 e. The van der Waals surface area contributed by atoms with Gasteiger partial charge < -0.3 is 35.0 Å². The Morgan fingerprint density at radius 3 is 2.48 bits per heavy atom. The summed E-state index contributed by atoms with van der Waals surface area (Å²) in [5.41, 5.74) is 4.56. The van der Waals surface area contributed by atoms with Crippen molar-refractivity contribution in [2.24, 2.45) is 0 Å². The number of rotatable bonds is 10. The average molecular weight is 491 g/mol. The summed E-state index contributed by atoms with van der Waals surface area (Å²) in [5, 5.41) is 20.4. The van der Waals surface area contributed by atoms with Gasteiger partial charge in [-0.25, -0.2) is 13.9 Å². The van der Waals surface area contributed by atoms with Crippen LogP contribution in [0.25, 0.3) is 0 Å². The first-order chi connectivity index (χ1) is 14.1. The molecule has 2 rings (SSSR count). The second kappa shape index (κ2) is 9.73. The van der Waals surface area contributed by atoms with Crippen molar-refractivity contribution in [2.45, 2.75) is 24.5 Å². The lowest BCUT2D eigenvalue weighted by Crippen LogP contribution is -2.37. The molecule has 5 atom stereocenters. The summed E-state index contributed by atoms with van der Waals surface area (Å²) in [6.07, 6.45) is -4.72. The van der Waals surface area contributed by atoms with Crippen LogP contribution in [0.2, 0.25) is 0 Å². The van der Waals surface area contributed by atoms with Crippen LogP contribution in [-0.2, 0) is 27.2 Å². The lowest BCUT2D eigenvalue weighted by atomic mass is 10.1. The third-order valence-electron chi connectivity index (χ3n) is 4.08. The van der Waals surface area contributed by atoms with Gasteiger partial charge in [0, 0.05) is 6.20 Å². The Morgan fingerprint density at radius 1 is 1.29 bits per heavy atom. The van der Waals surface area contributed by atoms with E-state index >= 15 is 0 Å². The van der Waals surface area contributed by atoms with E-state index in [0.717, 1.165) is 4.57 Å². The number of nitrogens with zero attached hydrogens (tertiary/aromatic N) is 3. The third-order valence-corrected chi connectivity index (χ3v) is 6.69. The fourth-order valence-corrected chi connectivity index (χ4v) is 4.65. The van der Waals surface area contributed by atoms with Crippen LogP contribution in [0.1, 0.15) is 6.23 Å². The first kappa shape index (κ1) is 26.0. The van der Waals surface area contributed by atoms with Gasteiger partial charge in [0.1, 0.15) is 37.3 Å². The van der Waals surface area contributed by atoms with Crippen molar-refractivity contribution in [2.75, 3.05) is 46.6 Å². The fraction of sp³-hybridized carbons (Fsp3) is 0.714. The van der Waals surface area contributed by atoms with Gasteiger partial charge in [0.15, 0.2) is 6.23 Å². The summed E-state index contributed by atoms with van der Waals surface area (Å²) in [7, 11) is -4.63. The minimum atomic E-state index is -5.26. The van der Waals surface area contributed by atoms with Crippen LogP contribution in [0.3, 0.4) is 0 Å². The molecule has 0 radical (unpaired) electrons. The third kappa shape index (κ3) is 7.70. The van der Waals surface area contributed by atoms with Crippen molar-refractivity contribution in [3.8, 4) is 0 Å². The molecule has 2 heterocycles. The Balaban J connectivity index is 2.10. The number of likely N-dealkylation sites (N-methyl/N-ethyl adjacent to an activating group) is 1. The summed E-state index contributed by atoms with van der Waals surface area (Å²) in [6.45, 7) is -0.672. The molecule has 17 heteroatoms. The van der Waals surface area contributed by atoms with Crippen LogP contribution in [-0.4, -0.2) is 93.2 Å². The molecule has 1 fully saturated rings. The van der Waals surface area contributed by atoms with Crippen molar-refractivity contribution in [3.05, 3.63) is 22.7 Å². The second-order valence-electron chi connectivity index (χ2n) is 7.75. The molecule has 15 nitrogen and oxygen atoms in total. The highest BCUT2D eigenvalue weighted by Gasteiger charge is 2.46. The number of hydrogen-bond donors (Lipinski definition) is 5. The Kier molecular flexibility index (Phi) is 8.17. The van der Waals surface area contributed by atoms with Gasteiger partial charge >= 0.3 is 21.3 Å². The molecule has 0 aliphatic carbocycles. The minimum Gasteiger partial charge on any atom is -0.387 e. The van der Waals surface area contributed by atoms with Crippen molar-refractivity contribution in [1.82, 2.24) is 9.55 Å². The van der Waals surface area contributed by atoms with Crippen LogP contribution in [0.4, 0.5) is 5.82 Å². The van der Waals surface area contributed by atoms with Crippen LogP contribution in [0.15, 0.2) is 17.1 Å². The molecule has 0 aromatic carbocycles. The van der Waals surface area contributed by atoms with Gasteiger partial charge in [0.2, 0.25) is 0 Å². The van der Waals surface area contributed by atoms with Crippen molar-refractivity contribution in [3.63, 3.8) is 0 Å². The highest BCUT2D eigenvalue weighted by Crippen LogP contribution is 2.61. The smallest absolute Gasteiger partial charge is 0.387 e. The van der Waals surface area contributed by atoms with E-state index in [4.69, 9.17) is 29.3 Å². The molecule has 31 heavy (non-hydrogen) atoms. The number of nitrogen functional groups attached to an aromatic ring is 1. The first-order valence-electron chi connectivity index (χ1n) is 8.93. The van der Waals surface area contributed by atoms with E-state index in [2.05, 4.69) is 9.29 Å². The summed E-state index contributed by atoms with van der Waals surface area (Å²) in [6, 6.07) is 1.28. The highest BCUT2D eigenvalue weighted by atomic mass is 31.3. The predicted molar refractivity (Wildman–Crippen MR) is 104 cm³/mol. The molecule has 6 N–H and O–H groups in total. The number of phosphoric ester groups is 1. The number of anilines is 1. The molecule has 1 unspecified atom stereocenters. The normalized spacial score (nSPS) is 26.7. The Hall–Kier alpha value is -1.22. The molecule has 0 spiro atoms. The zero-order valence-corrected chi connectivity index (χ0v) is 18.8. The maximum atomic E-state index is 12.7. The number of ether oxygens (including phenoxy) is 1. The lowest BCUT2D eigenvalue weighted by molar-refractivity contribution is -0.870. The summed E-state index contributed by atoms with van der Waals surface area (Å²) >= 11 is 0. The SMILES string of the molecule is C[N+](C)([14CH3])CCOP(=O)(OC[C@H]1O[C@@H](n2ccc(N)nc2=O)[C@H](O)[C@@H]1O)OP(=O)(O)O. The summed E-state index contributed by atoms with van der Waals surface area (Å²) < 4.78 is 44.6. The van der Waals surface area contributed by atoms with E-state index in [0.29, 0.717) is 11.0 Å². The maximum Gasteiger partial charge on any atom is 0.484 e. The first-order valence-corrected chi connectivity index (χ1v) is 11.9. The molecular weight excluding hydrogens is 464 g/mol. The van der Waals surface area contributed by atoms with E-state index in [1.54, 1.807) is 21.1 Å². The minimum absolute atomic E-state index is 0.0595. The molecule has 178 valence electrons. The Bertz CT molecular complexity index is 914. The number of aliphatic hydroxyl groups excluding tert-OH is 2. The number of nitrogens with two attached hydrogens (primary N) is 1. The van der Waals surface area contributed by atoms with E-state index in [-0.39, 0.29) is 12.4 Å². The van der Waals surface area contributed by atoms with E-state index in [1.807, 2.05) is 0 Å². The lowest BCUT2D eigenvalue weighted by Gasteiger charge is -2.25. The maximum absolute atomic E-state index is 12.7. The second-order valence-corrected chi connectivity index (χ2v) is 10.8. The Labute approximate surface area is 177 Å². The number of aliphatic hydroxyl groups is 2. The monoisotopic (exact) mass is 491 g/mol. The van der Waals surface area contributed by atoms with Gasteiger partial charge in [-0.3, -0.25) is 13.6 Å². The number of hydrogen-bond acceptors (Lipinski definition) is 11. The number of phosphoric acid groups is 2. The van der Waals surface area contributed by atoms with E-state index in [1.165, 1.54) is 12.3 Å². The summed E-state index contributed by atoms with van der Waals surface area (Å²) in [5.74, 6) is -0.0595. The average Bonchev–Trinajstić information content (AvgIpc) is 2.86. The van der Waals surface area contributed by atoms with Gasteiger partial charge in [0.05, 0.1) is 27.7 Å². The van der Waals surface area contributed by atoms with Crippen LogP contribution in [0, 0.1) is 0 Å². The molecular formula is C14H27N4O11P2+. The van der Waals surface area contributed by atoms with Crippen molar-refractivity contribution in [1.29, 1.82) is 0 Å². The van der Waals surface area contributed by atoms with Crippen LogP contribution in [0.5, 0.6) is 0 Å². The molecule has 0 bridgehead atoms. The van der Waals surface area contributed by atoms with Crippen LogP contribution >= 0.6 is 15.6 Å². The van der Waals surface area contributed by atoms with E-state index < -0.39 is 52.5 Å². The van der Waals surface area contributed by atoms with Crippen molar-refractivity contribution >= 4 is 21.5 Å². The molecule has 1 saturated heterocycles. The van der Waals surface area contributed by atoms with E-state index in [9.17, 15) is 24.1 Å². The zero-order valence-electron chi connectivity index (χ0n) is 17.0.